The van der Waals surface area contributed by atoms with Crippen LogP contribution in [-0.4, -0.2) is 21.5 Å². The molecule has 0 amide bonds. The molecule has 2 aromatic rings. The first-order valence-electron chi connectivity index (χ1n) is 5.18. The molecule has 4 nitrogen and oxygen atoms in total. The number of hydrogen-bond donors (Lipinski definition) is 1. The highest BCUT2D eigenvalue weighted by molar-refractivity contribution is 7.09. The molecule has 0 spiro atoms. The van der Waals surface area contributed by atoms with E-state index < -0.39 is 0 Å². The zero-order chi connectivity index (χ0) is 11.4. The number of aryl methyl sites for hydroxylation is 2. The van der Waals surface area contributed by atoms with E-state index >= 15 is 0 Å². The first-order valence-corrected chi connectivity index (χ1v) is 6.06. The summed E-state index contributed by atoms with van der Waals surface area (Å²) in [6, 6.07) is 0. The van der Waals surface area contributed by atoms with Crippen LogP contribution in [0.4, 0.5) is 5.82 Å². The van der Waals surface area contributed by atoms with Crippen molar-refractivity contribution in [1.29, 1.82) is 0 Å². The van der Waals surface area contributed by atoms with E-state index in [9.17, 15) is 0 Å². The van der Waals surface area contributed by atoms with E-state index in [0.717, 1.165) is 35.2 Å². The van der Waals surface area contributed by atoms with Crippen molar-refractivity contribution in [2.24, 2.45) is 0 Å². The summed E-state index contributed by atoms with van der Waals surface area (Å²) < 4.78 is 0. The molecule has 2 rings (SSSR count). The van der Waals surface area contributed by atoms with E-state index in [1.165, 1.54) is 0 Å². The maximum absolute atomic E-state index is 4.41. The summed E-state index contributed by atoms with van der Waals surface area (Å²) in [6.07, 6.45) is 4.32. The van der Waals surface area contributed by atoms with Crippen LogP contribution in [0.5, 0.6) is 0 Å². The SMILES string of the molecule is Cc1csc(CCNc2nccnc2C)n1. The second kappa shape index (κ2) is 5.03. The second-order valence-corrected chi connectivity index (χ2v) is 4.49. The molecule has 0 atom stereocenters. The fraction of sp³-hybridized carbons (Fsp3) is 0.364. The third-order valence-electron chi connectivity index (χ3n) is 2.18. The number of nitrogens with zero attached hydrogens (tertiary/aromatic N) is 3. The van der Waals surface area contributed by atoms with Crippen LogP contribution < -0.4 is 5.32 Å². The summed E-state index contributed by atoms with van der Waals surface area (Å²) in [6.45, 7) is 4.80. The van der Waals surface area contributed by atoms with E-state index in [1.807, 2.05) is 13.8 Å². The average molecular weight is 234 g/mol. The Morgan fingerprint density at radius 3 is 2.75 bits per heavy atom. The molecule has 2 aromatic heterocycles. The first-order chi connectivity index (χ1) is 7.75. The highest BCUT2D eigenvalue weighted by Crippen LogP contribution is 2.10. The minimum Gasteiger partial charge on any atom is -0.368 e. The molecule has 0 bridgehead atoms. The Morgan fingerprint density at radius 1 is 1.25 bits per heavy atom. The lowest BCUT2D eigenvalue weighted by Crippen LogP contribution is -2.08. The Balaban J connectivity index is 1.87. The molecule has 0 unspecified atom stereocenters. The van der Waals surface area contributed by atoms with Crippen LogP contribution in [0, 0.1) is 13.8 Å². The smallest absolute Gasteiger partial charge is 0.147 e. The maximum Gasteiger partial charge on any atom is 0.147 e. The summed E-state index contributed by atoms with van der Waals surface area (Å²) >= 11 is 1.70. The summed E-state index contributed by atoms with van der Waals surface area (Å²) in [5.74, 6) is 0.857. The molecule has 0 saturated carbocycles. The number of rotatable bonds is 4. The number of hydrogen-bond acceptors (Lipinski definition) is 5. The Bertz CT molecular complexity index is 467. The quantitative estimate of drug-likeness (QED) is 0.881. The summed E-state index contributed by atoms with van der Waals surface area (Å²) in [7, 11) is 0. The third-order valence-corrected chi connectivity index (χ3v) is 3.21. The lowest BCUT2D eigenvalue weighted by atomic mass is 10.4. The van der Waals surface area contributed by atoms with Crippen LogP contribution in [-0.2, 0) is 6.42 Å². The minimum absolute atomic E-state index is 0.840. The fourth-order valence-electron chi connectivity index (χ4n) is 1.39. The Morgan fingerprint density at radius 2 is 2.06 bits per heavy atom. The van der Waals surface area contributed by atoms with Gasteiger partial charge in [0, 0.05) is 36.4 Å². The molecular formula is C11H14N4S. The van der Waals surface area contributed by atoms with E-state index in [1.54, 1.807) is 23.7 Å². The average Bonchev–Trinajstić information content (AvgIpc) is 2.67. The van der Waals surface area contributed by atoms with Gasteiger partial charge in [-0.25, -0.2) is 9.97 Å². The van der Waals surface area contributed by atoms with Crippen LogP contribution >= 0.6 is 11.3 Å². The van der Waals surface area contributed by atoms with Gasteiger partial charge in [-0.1, -0.05) is 0 Å². The molecule has 16 heavy (non-hydrogen) atoms. The summed E-state index contributed by atoms with van der Waals surface area (Å²) in [5.41, 5.74) is 2.02. The molecule has 0 aliphatic heterocycles. The zero-order valence-corrected chi connectivity index (χ0v) is 10.2. The molecule has 0 fully saturated rings. The summed E-state index contributed by atoms with van der Waals surface area (Å²) in [4.78, 5) is 12.8. The predicted octanol–water partition coefficient (Wildman–Crippen LogP) is 2.20. The van der Waals surface area contributed by atoms with Crippen molar-refractivity contribution in [3.05, 3.63) is 34.2 Å². The van der Waals surface area contributed by atoms with Gasteiger partial charge in [0.25, 0.3) is 0 Å². The lowest BCUT2D eigenvalue weighted by molar-refractivity contribution is 0.965. The zero-order valence-electron chi connectivity index (χ0n) is 9.40. The molecule has 0 radical (unpaired) electrons. The normalized spacial score (nSPS) is 10.4. The summed E-state index contributed by atoms with van der Waals surface area (Å²) in [5, 5.41) is 6.49. The maximum atomic E-state index is 4.41. The number of aromatic nitrogens is 3. The van der Waals surface area contributed by atoms with Crippen LogP contribution in [0.25, 0.3) is 0 Å². The molecule has 0 aliphatic rings. The number of anilines is 1. The van der Waals surface area contributed by atoms with Gasteiger partial charge in [0.05, 0.1) is 10.7 Å². The molecule has 2 heterocycles. The van der Waals surface area contributed by atoms with Gasteiger partial charge in [0.1, 0.15) is 5.82 Å². The molecule has 5 heteroatoms. The Hall–Kier alpha value is -1.49. The Labute approximate surface area is 98.8 Å². The third kappa shape index (κ3) is 2.76. The topological polar surface area (TPSA) is 50.7 Å². The van der Waals surface area contributed by atoms with Gasteiger partial charge in [0.15, 0.2) is 0 Å². The fourth-order valence-corrected chi connectivity index (χ4v) is 2.16. The van der Waals surface area contributed by atoms with Crippen molar-refractivity contribution < 1.29 is 0 Å². The van der Waals surface area contributed by atoms with E-state index in [0.29, 0.717) is 0 Å². The second-order valence-electron chi connectivity index (χ2n) is 3.55. The molecule has 1 N–H and O–H groups in total. The molecule has 84 valence electrons. The highest BCUT2D eigenvalue weighted by Gasteiger charge is 2.01. The standard InChI is InChI=1S/C11H14N4S/c1-8-7-16-10(15-8)3-4-13-11-9(2)12-5-6-14-11/h5-7H,3-4H2,1-2H3,(H,13,14). The predicted molar refractivity (Wildman–Crippen MR) is 65.8 cm³/mol. The van der Waals surface area contributed by atoms with Gasteiger partial charge in [0.2, 0.25) is 0 Å². The highest BCUT2D eigenvalue weighted by atomic mass is 32.1. The number of thiazole rings is 1. The van der Waals surface area contributed by atoms with Crippen LogP contribution in [0.2, 0.25) is 0 Å². The van der Waals surface area contributed by atoms with Crippen LogP contribution in [0.3, 0.4) is 0 Å². The van der Waals surface area contributed by atoms with Crippen molar-refractivity contribution in [3.8, 4) is 0 Å². The van der Waals surface area contributed by atoms with Gasteiger partial charge in [-0.05, 0) is 13.8 Å². The van der Waals surface area contributed by atoms with Gasteiger partial charge >= 0.3 is 0 Å². The Kier molecular flexibility index (Phi) is 3.46. The lowest BCUT2D eigenvalue weighted by Gasteiger charge is -2.05. The minimum atomic E-state index is 0.840. The first kappa shape index (κ1) is 11.0. The van der Waals surface area contributed by atoms with Gasteiger partial charge < -0.3 is 5.32 Å². The monoisotopic (exact) mass is 234 g/mol. The van der Waals surface area contributed by atoms with Crippen LogP contribution in [0.1, 0.15) is 16.4 Å². The van der Waals surface area contributed by atoms with E-state index in [2.05, 4.69) is 25.6 Å². The van der Waals surface area contributed by atoms with Gasteiger partial charge in [-0.15, -0.1) is 11.3 Å². The van der Waals surface area contributed by atoms with Crippen molar-refractivity contribution in [1.82, 2.24) is 15.0 Å². The van der Waals surface area contributed by atoms with E-state index in [4.69, 9.17) is 0 Å². The molecule has 0 aliphatic carbocycles. The van der Waals surface area contributed by atoms with Crippen molar-refractivity contribution in [3.63, 3.8) is 0 Å². The van der Waals surface area contributed by atoms with Gasteiger partial charge in [-0.2, -0.15) is 0 Å². The molecular weight excluding hydrogens is 220 g/mol. The van der Waals surface area contributed by atoms with Crippen molar-refractivity contribution in [2.45, 2.75) is 20.3 Å². The van der Waals surface area contributed by atoms with Crippen molar-refractivity contribution in [2.75, 3.05) is 11.9 Å². The molecule has 0 saturated heterocycles. The largest absolute Gasteiger partial charge is 0.368 e. The number of nitrogens with one attached hydrogen (secondary N) is 1. The van der Waals surface area contributed by atoms with E-state index in [-0.39, 0.29) is 0 Å². The van der Waals surface area contributed by atoms with Crippen molar-refractivity contribution >= 4 is 17.2 Å². The molecule has 0 aromatic carbocycles. The van der Waals surface area contributed by atoms with Crippen LogP contribution in [0.15, 0.2) is 17.8 Å². The van der Waals surface area contributed by atoms with Gasteiger partial charge in [-0.3, -0.25) is 4.98 Å².